The Hall–Kier alpha value is -1.30. The largest absolute Gasteiger partial charge is 0.480 e. The topological polar surface area (TPSA) is 89.9 Å². The second-order valence-corrected chi connectivity index (χ2v) is 4.19. The summed E-state index contributed by atoms with van der Waals surface area (Å²) < 4.78 is 0. The maximum Gasteiger partial charge on any atom is 0.326 e. The molecule has 0 unspecified atom stereocenters. The van der Waals surface area contributed by atoms with Gasteiger partial charge in [-0.25, -0.2) is 9.59 Å². The number of urea groups is 1. The van der Waals surface area contributed by atoms with Crippen LogP contribution in [-0.4, -0.2) is 52.9 Å². The van der Waals surface area contributed by atoms with Gasteiger partial charge in [-0.2, -0.15) is 0 Å². The molecule has 0 saturated carbocycles. The molecule has 0 saturated heterocycles. The Morgan fingerprint density at radius 3 is 2.33 bits per heavy atom. The Bertz CT molecular complexity index is 252. The number of unbranched alkanes of at least 4 members (excludes halogenated alkanes) is 1. The van der Waals surface area contributed by atoms with Crippen molar-refractivity contribution in [1.29, 1.82) is 0 Å². The lowest BCUT2D eigenvalue weighted by molar-refractivity contribution is -0.139. The lowest BCUT2D eigenvalue weighted by Gasteiger charge is -2.24. The van der Waals surface area contributed by atoms with E-state index in [4.69, 9.17) is 10.2 Å². The van der Waals surface area contributed by atoms with Crippen molar-refractivity contribution in [3.05, 3.63) is 0 Å². The molecule has 0 aromatic heterocycles. The van der Waals surface area contributed by atoms with Crippen molar-refractivity contribution in [2.45, 2.75) is 45.6 Å². The van der Waals surface area contributed by atoms with Gasteiger partial charge in [-0.3, -0.25) is 0 Å². The van der Waals surface area contributed by atoms with Gasteiger partial charge in [0.25, 0.3) is 0 Å². The van der Waals surface area contributed by atoms with E-state index in [0.717, 1.165) is 19.3 Å². The molecule has 0 aliphatic rings. The molecule has 3 N–H and O–H groups in total. The van der Waals surface area contributed by atoms with Gasteiger partial charge in [0, 0.05) is 13.1 Å². The van der Waals surface area contributed by atoms with Gasteiger partial charge in [0.2, 0.25) is 0 Å². The summed E-state index contributed by atoms with van der Waals surface area (Å²) >= 11 is 0. The molecule has 18 heavy (non-hydrogen) atoms. The first-order valence-electron chi connectivity index (χ1n) is 6.45. The highest BCUT2D eigenvalue weighted by Crippen LogP contribution is 2.02. The van der Waals surface area contributed by atoms with Crippen LogP contribution in [0.15, 0.2) is 0 Å². The average Bonchev–Trinajstić information content (AvgIpc) is 2.33. The van der Waals surface area contributed by atoms with Crippen molar-refractivity contribution >= 4 is 12.0 Å². The summed E-state index contributed by atoms with van der Waals surface area (Å²) in [6.45, 7) is 4.49. The Balaban J connectivity index is 4.39. The number of nitrogens with one attached hydrogen (secondary N) is 1. The summed E-state index contributed by atoms with van der Waals surface area (Å²) in [5, 5.41) is 20.4. The van der Waals surface area contributed by atoms with Crippen molar-refractivity contribution in [3.63, 3.8) is 0 Å². The zero-order valence-corrected chi connectivity index (χ0v) is 11.2. The summed E-state index contributed by atoms with van der Waals surface area (Å²) in [5.41, 5.74) is 0. The van der Waals surface area contributed by atoms with Gasteiger partial charge in [0.1, 0.15) is 6.04 Å². The number of hydrogen-bond acceptors (Lipinski definition) is 3. The monoisotopic (exact) mass is 260 g/mol. The van der Waals surface area contributed by atoms with Crippen LogP contribution in [0.1, 0.15) is 39.5 Å². The van der Waals surface area contributed by atoms with E-state index in [1.807, 2.05) is 13.8 Å². The number of carbonyl (C=O) groups is 2. The second kappa shape index (κ2) is 9.70. The normalized spacial score (nSPS) is 11.9. The van der Waals surface area contributed by atoms with E-state index in [2.05, 4.69) is 5.32 Å². The first kappa shape index (κ1) is 16.7. The Morgan fingerprint density at radius 1 is 1.22 bits per heavy atom. The predicted molar refractivity (Wildman–Crippen MR) is 68.4 cm³/mol. The lowest BCUT2D eigenvalue weighted by Crippen LogP contribution is -2.48. The van der Waals surface area contributed by atoms with Gasteiger partial charge in [0.15, 0.2) is 0 Å². The van der Waals surface area contributed by atoms with Crippen LogP contribution < -0.4 is 5.32 Å². The van der Waals surface area contributed by atoms with E-state index in [1.54, 1.807) is 0 Å². The maximum atomic E-state index is 11.8. The molecule has 6 heteroatoms. The highest BCUT2D eigenvalue weighted by molar-refractivity contribution is 5.82. The molecule has 0 aromatic carbocycles. The summed E-state index contributed by atoms with van der Waals surface area (Å²) in [5.74, 6) is -1.02. The number of aliphatic carboxylic acids is 1. The molecule has 6 nitrogen and oxygen atoms in total. The second-order valence-electron chi connectivity index (χ2n) is 4.19. The molecule has 0 radical (unpaired) electrons. The van der Waals surface area contributed by atoms with Crippen LogP contribution >= 0.6 is 0 Å². The van der Waals surface area contributed by atoms with Crippen LogP contribution in [0.2, 0.25) is 0 Å². The number of carboxylic acids is 1. The molecule has 0 aromatic rings. The molecule has 0 bridgehead atoms. The van der Waals surface area contributed by atoms with Gasteiger partial charge < -0.3 is 20.4 Å². The van der Waals surface area contributed by atoms with Gasteiger partial charge in [0.05, 0.1) is 6.61 Å². The number of hydrogen-bond donors (Lipinski definition) is 3. The van der Waals surface area contributed by atoms with E-state index in [0.29, 0.717) is 13.0 Å². The zero-order chi connectivity index (χ0) is 14.0. The minimum absolute atomic E-state index is 0.125. The SMILES string of the molecule is CCCC[C@H](NC(=O)N(CCC)CCO)C(=O)O. The first-order valence-corrected chi connectivity index (χ1v) is 6.45. The smallest absolute Gasteiger partial charge is 0.326 e. The zero-order valence-electron chi connectivity index (χ0n) is 11.2. The fraction of sp³-hybridized carbons (Fsp3) is 0.833. The van der Waals surface area contributed by atoms with Gasteiger partial charge >= 0.3 is 12.0 Å². The summed E-state index contributed by atoms with van der Waals surface area (Å²) in [7, 11) is 0. The fourth-order valence-electron chi connectivity index (χ4n) is 1.61. The van der Waals surface area contributed by atoms with Crippen molar-refractivity contribution in [2.24, 2.45) is 0 Å². The Labute approximate surface area is 108 Å². The molecule has 0 spiro atoms. The lowest BCUT2D eigenvalue weighted by atomic mass is 10.1. The molecule has 0 heterocycles. The van der Waals surface area contributed by atoms with E-state index >= 15 is 0 Å². The summed E-state index contributed by atoms with van der Waals surface area (Å²) in [4.78, 5) is 24.3. The van der Waals surface area contributed by atoms with Gasteiger partial charge in [-0.15, -0.1) is 0 Å². The number of carbonyl (C=O) groups excluding carboxylic acids is 1. The van der Waals surface area contributed by atoms with Gasteiger partial charge in [-0.1, -0.05) is 26.7 Å². The van der Waals surface area contributed by atoms with E-state index in [-0.39, 0.29) is 13.2 Å². The summed E-state index contributed by atoms with van der Waals surface area (Å²) in [6.07, 6.45) is 2.83. The van der Waals surface area contributed by atoms with Crippen LogP contribution in [0, 0.1) is 0 Å². The molecule has 2 amide bonds. The quantitative estimate of drug-likeness (QED) is 0.578. The summed E-state index contributed by atoms with van der Waals surface area (Å²) in [6, 6.07) is -1.27. The first-order chi connectivity index (χ1) is 8.56. The maximum absolute atomic E-state index is 11.8. The fourth-order valence-corrected chi connectivity index (χ4v) is 1.61. The van der Waals surface area contributed by atoms with Crippen molar-refractivity contribution in [3.8, 4) is 0 Å². The molecule has 0 rings (SSSR count). The molecule has 1 atom stereocenters. The Morgan fingerprint density at radius 2 is 1.89 bits per heavy atom. The predicted octanol–water partition coefficient (Wildman–Crippen LogP) is 1.04. The van der Waals surface area contributed by atoms with Crippen molar-refractivity contribution in [1.82, 2.24) is 10.2 Å². The van der Waals surface area contributed by atoms with Crippen LogP contribution in [0.4, 0.5) is 4.79 Å². The van der Waals surface area contributed by atoms with Gasteiger partial charge in [-0.05, 0) is 12.8 Å². The number of aliphatic hydroxyl groups excluding tert-OH is 1. The minimum Gasteiger partial charge on any atom is -0.480 e. The third-order valence-electron chi connectivity index (χ3n) is 2.59. The van der Waals surface area contributed by atoms with E-state index in [1.165, 1.54) is 4.90 Å². The molecular formula is C12H24N2O4. The highest BCUT2D eigenvalue weighted by atomic mass is 16.4. The third kappa shape index (κ3) is 6.44. The van der Waals surface area contributed by atoms with Crippen molar-refractivity contribution < 1.29 is 19.8 Å². The number of amides is 2. The van der Waals surface area contributed by atoms with Crippen LogP contribution in [0.25, 0.3) is 0 Å². The van der Waals surface area contributed by atoms with Crippen LogP contribution in [0.3, 0.4) is 0 Å². The molecular weight excluding hydrogens is 236 g/mol. The van der Waals surface area contributed by atoms with Crippen LogP contribution in [-0.2, 0) is 4.79 Å². The number of carboxylic acid groups (broad SMARTS) is 1. The number of rotatable bonds is 9. The Kier molecular flexibility index (Phi) is 9.00. The van der Waals surface area contributed by atoms with E-state index in [9.17, 15) is 9.59 Å². The minimum atomic E-state index is -1.02. The van der Waals surface area contributed by atoms with E-state index < -0.39 is 18.0 Å². The number of nitrogens with zero attached hydrogens (tertiary/aromatic N) is 1. The molecule has 0 aliphatic carbocycles. The van der Waals surface area contributed by atoms with Crippen molar-refractivity contribution in [2.75, 3.05) is 19.7 Å². The average molecular weight is 260 g/mol. The number of aliphatic hydroxyl groups is 1. The third-order valence-corrected chi connectivity index (χ3v) is 2.59. The van der Waals surface area contributed by atoms with Crippen LogP contribution in [0.5, 0.6) is 0 Å². The standard InChI is InChI=1S/C12H24N2O4/c1-3-5-6-10(11(16)17)13-12(18)14(7-4-2)8-9-15/h10,15H,3-9H2,1-2H3,(H,13,18)(H,16,17)/t10-/m0/s1. The molecule has 106 valence electrons. The molecule has 0 fully saturated rings. The molecule has 0 aliphatic heterocycles. The highest BCUT2D eigenvalue weighted by Gasteiger charge is 2.21.